The van der Waals surface area contributed by atoms with Crippen molar-refractivity contribution in [2.45, 2.75) is 19.4 Å². The number of piperidine rings is 1. The van der Waals surface area contributed by atoms with Crippen molar-refractivity contribution in [1.29, 1.82) is 0 Å². The van der Waals surface area contributed by atoms with Crippen LogP contribution in [0.4, 0.5) is 0 Å². The Bertz CT molecular complexity index is 603. The Morgan fingerprint density at radius 3 is 2.91 bits per heavy atom. The minimum Gasteiger partial charge on any atom is -0.497 e. The molecule has 0 radical (unpaired) electrons. The van der Waals surface area contributed by atoms with Crippen molar-refractivity contribution in [2.75, 3.05) is 20.2 Å². The summed E-state index contributed by atoms with van der Waals surface area (Å²) >= 11 is 0. The number of carbonyl (C=O) groups excluding carboxylic acids is 3. The SMILES string of the molecule is COc1cccc(CN2C[C@@H](C(=O)NCC(N)=O)CCC2=O)c1. The number of methoxy groups -OCH3 is 1. The number of likely N-dealkylation sites (tertiary alicyclic amines) is 1. The Kier molecular flexibility index (Phi) is 5.56. The Morgan fingerprint density at radius 2 is 2.22 bits per heavy atom. The molecule has 1 fully saturated rings. The predicted octanol–water partition coefficient (Wildman–Crippen LogP) is 0.0353. The molecule has 1 aromatic rings. The summed E-state index contributed by atoms with van der Waals surface area (Å²) in [6.45, 7) is 0.579. The van der Waals surface area contributed by atoms with E-state index < -0.39 is 5.91 Å². The van der Waals surface area contributed by atoms with Crippen molar-refractivity contribution in [3.63, 3.8) is 0 Å². The number of rotatable bonds is 6. The van der Waals surface area contributed by atoms with Crippen LogP contribution in [0.3, 0.4) is 0 Å². The van der Waals surface area contributed by atoms with Gasteiger partial charge in [-0.05, 0) is 24.1 Å². The van der Waals surface area contributed by atoms with Crippen LogP contribution >= 0.6 is 0 Å². The molecule has 0 bridgehead atoms. The first-order valence-corrected chi connectivity index (χ1v) is 7.46. The minimum absolute atomic E-state index is 0.0202. The van der Waals surface area contributed by atoms with Gasteiger partial charge < -0.3 is 20.7 Å². The fraction of sp³-hybridized carbons (Fsp3) is 0.438. The van der Waals surface area contributed by atoms with Crippen LogP contribution in [0.15, 0.2) is 24.3 Å². The van der Waals surface area contributed by atoms with Crippen LogP contribution < -0.4 is 15.8 Å². The third-order valence-corrected chi connectivity index (χ3v) is 3.82. The molecule has 2 rings (SSSR count). The number of carbonyl (C=O) groups is 3. The smallest absolute Gasteiger partial charge is 0.236 e. The Hall–Kier alpha value is -2.57. The molecule has 7 heteroatoms. The molecule has 0 aliphatic carbocycles. The average molecular weight is 319 g/mol. The first kappa shape index (κ1) is 16.8. The van der Waals surface area contributed by atoms with E-state index in [4.69, 9.17) is 10.5 Å². The summed E-state index contributed by atoms with van der Waals surface area (Å²) in [6, 6.07) is 7.47. The molecular weight excluding hydrogens is 298 g/mol. The number of primary amides is 1. The van der Waals surface area contributed by atoms with E-state index in [0.717, 1.165) is 11.3 Å². The maximum atomic E-state index is 12.1. The summed E-state index contributed by atoms with van der Waals surface area (Å²) < 4.78 is 5.17. The van der Waals surface area contributed by atoms with E-state index in [1.807, 2.05) is 24.3 Å². The quantitative estimate of drug-likeness (QED) is 0.772. The molecule has 1 atom stereocenters. The van der Waals surface area contributed by atoms with Crippen LogP contribution in [0.25, 0.3) is 0 Å². The van der Waals surface area contributed by atoms with Gasteiger partial charge in [-0.1, -0.05) is 12.1 Å². The monoisotopic (exact) mass is 319 g/mol. The summed E-state index contributed by atoms with van der Waals surface area (Å²) in [6.07, 6.45) is 0.802. The van der Waals surface area contributed by atoms with Gasteiger partial charge in [-0.2, -0.15) is 0 Å². The highest BCUT2D eigenvalue weighted by atomic mass is 16.5. The van der Waals surface area contributed by atoms with Gasteiger partial charge in [-0.3, -0.25) is 14.4 Å². The second-order valence-electron chi connectivity index (χ2n) is 5.55. The normalized spacial score (nSPS) is 17.7. The molecule has 1 aromatic carbocycles. The summed E-state index contributed by atoms with van der Waals surface area (Å²) in [4.78, 5) is 36.5. The molecule has 0 aromatic heterocycles. The van der Waals surface area contributed by atoms with Gasteiger partial charge in [0.05, 0.1) is 19.6 Å². The average Bonchev–Trinajstić information content (AvgIpc) is 2.54. The fourth-order valence-corrected chi connectivity index (χ4v) is 2.59. The number of nitrogens with zero attached hydrogens (tertiary/aromatic N) is 1. The first-order chi connectivity index (χ1) is 11.0. The molecule has 1 saturated heterocycles. The van der Waals surface area contributed by atoms with Crippen LogP contribution in [-0.4, -0.2) is 42.8 Å². The summed E-state index contributed by atoms with van der Waals surface area (Å²) in [5, 5.41) is 2.50. The largest absolute Gasteiger partial charge is 0.497 e. The predicted molar refractivity (Wildman–Crippen MR) is 83.3 cm³/mol. The van der Waals surface area contributed by atoms with E-state index >= 15 is 0 Å². The van der Waals surface area contributed by atoms with E-state index in [9.17, 15) is 14.4 Å². The third kappa shape index (κ3) is 4.70. The molecule has 1 heterocycles. The molecule has 124 valence electrons. The maximum Gasteiger partial charge on any atom is 0.236 e. The lowest BCUT2D eigenvalue weighted by Crippen LogP contribution is -2.46. The lowest BCUT2D eigenvalue weighted by atomic mass is 9.96. The van der Waals surface area contributed by atoms with Crippen LogP contribution in [0.5, 0.6) is 5.75 Å². The third-order valence-electron chi connectivity index (χ3n) is 3.82. The number of benzene rings is 1. The molecule has 0 spiro atoms. The van der Waals surface area contributed by atoms with Gasteiger partial charge in [-0.15, -0.1) is 0 Å². The van der Waals surface area contributed by atoms with E-state index in [2.05, 4.69) is 5.32 Å². The molecule has 0 unspecified atom stereocenters. The summed E-state index contributed by atoms with van der Waals surface area (Å²) in [5.41, 5.74) is 5.96. The number of ether oxygens (including phenoxy) is 1. The molecule has 3 N–H and O–H groups in total. The summed E-state index contributed by atoms with van der Waals surface area (Å²) in [7, 11) is 1.59. The molecule has 7 nitrogen and oxygen atoms in total. The van der Waals surface area contributed by atoms with Crippen molar-refractivity contribution in [2.24, 2.45) is 11.7 Å². The van der Waals surface area contributed by atoms with Gasteiger partial charge >= 0.3 is 0 Å². The topological polar surface area (TPSA) is 102 Å². The van der Waals surface area contributed by atoms with Gasteiger partial charge in [0, 0.05) is 19.5 Å². The van der Waals surface area contributed by atoms with E-state index in [-0.39, 0.29) is 24.3 Å². The number of nitrogens with one attached hydrogen (secondary N) is 1. The minimum atomic E-state index is -0.585. The molecule has 0 saturated carbocycles. The van der Waals surface area contributed by atoms with Gasteiger partial charge in [0.1, 0.15) is 5.75 Å². The van der Waals surface area contributed by atoms with Crippen molar-refractivity contribution >= 4 is 17.7 Å². The molecule has 1 aliphatic rings. The Morgan fingerprint density at radius 1 is 1.43 bits per heavy atom. The van der Waals surface area contributed by atoms with Gasteiger partial charge in [0.15, 0.2) is 0 Å². The number of nitrogens with two attached hydrogens (primary N) is 1. The van der Waals surface area contributed by atoms with Crippen LogP contribution in [0, 0.1) is 5.92 Å². The van der Waals surface area contributed by atoms with Crippen LogP contribution in [-0.2, 0) is 20.9 Å². The molecule has 3 amide bonds. The van der Waals surface area contributed by atoms with Gasteiger partial charge in [0.2, 0.25) is 17.7 Å². The zero-order chi connectivity index (χ0) is 16.8. The van der Waals surface area contributed by atoms with Crippen molar-refractivity contribution in [3.8, 4) is 5.75 Å². The Labute approximate surface area is 134 Å². The van der Waals surface area contributed by atoms with E-state index in [0.29, 0.717) is 25.9 Å². The van der Waals surface area contributed by atoms with Crippen molar-refractivity contribution in [3.05, 3.63) is 29.8 Å². The first-order valence-electron chi connectivity index (χ1n) is 7.46. The summed E-state index contributed by atoms with van der Waals surface area (Å²) in [5.74, 6) is -0.405. The second kappa shape index (κ2) is 7.62. The standard InChI is InChI=1S/C16H21N3O4/c1-23-13-4-2-3-11(7-13)9-19-10-12(5-6-15(19)21)16(22)18-8-14(17)20/h2-4,7,12H,5-6,8-10H2,1H3,(H2,17,20)(H,18,22)/t12-/m0/s1. The van der Waals surface area contributed by atoms with Crippen molar-refractivity contribution < 1.29 is 19.1 Å². The molecular formula is C16H21N3O4. The zero-order valence-electron chi connectivity index (χ0n) is 13.1. The lowest BCUT2D eigenvalue weighted by Gasteiger charge is -2.32. The number of hydrogen-bond donors (Lipinski definition) is 2. The Balaban J connectivity index is 1.98. The fourth-order valence-electron chi connectivity index (χ4n) is 2.59. The van der Waals surface area contributed by atoms with E-state index in [1.54, 1.807) is 12.0 Å². The number of amides is 3. The highest BCUT2D eigenvalue weighted by molar-refractivity contribution is 5.87. The van der Waals surface area contributed by atoms with Gasteiger partial charge in [-0.25, -0.2) is 0 Å². The van der Waals surface area contributed by atoms with Gasteiger partial charge in [0.25, 0.3) is 0 Å². The highest BCUT2D eigenvalue weighted by Crippen LogP contribution is 2.21. The number of hydrogen-bond acceptors (Lipinski definition) is 4. The highest BCUT2D eigenvalue weighted by Gasteiger charge is 2.30. The maximum absolute atomic E-state index is 12.1. The molecule has 23 heavy (non-hydrogen) atoms. The zero-order valence-corrected chi connectivity index (χ0v) is 13.1. The molecule has 1 aliphatic heterocycles. The van der Waals surface area contributed by atoms with E-state index in [1.165, 1.54) is 0 Å². The lowest BCUT2D eigenvalue weighted by molar-refractivity contribution is -0.139. The van der Waals surface area contributed by atoms with Crippen molar-refractivity contribution in [1.82, 2.24) is 10.2 Å². The van der Waals surface area contributed by atoms with Crippen LogP contribution in [0.2, 0.25) is 0 Å². The van der Waals surface area contributed by atoms with Crippen LogP contribution in [0.1, 0.15) is 18.4 Å². The second-order valence-corrected chi connectivity index (χ2v) is 5.55.